The van der Waals surface area contributed by atoms with Gasteiger partial charge in [0.05, 0.1) is 5.02 Å². The predicted molar refractivity (Wildman–Crippen MR) is 118 cm³/mol. The summed E-state index contributed by atoms with van der Waals surface area (Å²) in [5.41, 5.74) is 6.86. The van der Waals surface area contributed by atoms with Crippen molar-refractivity contribution in [2.45, 2.75) is 6.92 Å². The maximum Gasteiger partial charge on any atom is 0.276 e. The van der Waals surface area contributed by atoms with Crippen LogP contribution in [0.1, 0.15) is 26.3 Å². The summed E-state index contributed by atoms with van der Waals surface area (Å²) in [7, 11) is 0. The Morgan fingerprint density at radius 1 is 0.839 bits per heavy atom. The molecule has 0 aliphatic carbocycles. The number of anilines is 1. The van der Waals surface area contributed by atoms with Crippen LogP contribution in [0.5, 0.6) is 5.75 Å². The van der Waals surface area contributed by atoms with E-state index in [0.717, 1.165) is 5.56 Å². The van der Waals surface area contributed by atoms with Crippen molar-refractivity contribution >= 4 is 35.0 Å². The first-order chi connectivity index (χ1) is 14.9. The van der Waals surface area contributed by atoms with Crippen molar-refractivity contribution < 1.29 is 19.1 Å². The van der Waals surface area contributed by atoms with Crippen molar-refractivity contribution in [1.29, 1.82) is 0 Å². The standard InChI is InChI=1S/C23H20ClN3O4/c1-15-6-2-3-7-18(15)23(30)25-17-12-10-16(11-13-17)22(29)27-26-21(28)14-31-20-9-5-4-8-19(20)24/h2-13H,14H2,1H3,(H,25,30)(H,26,28)(H,27,29). The second-order valence-corrected chi connectivity index (χ2v) is 6.97. The topological polar surface area (TPSA) is 96.5 Å². The Balaban J connectivity index is 1.48. The van der Waals surface area contributed by atoms with Gasteiger partial charge in [-0.25, -0.2) is 0 Å². The number of carbonyl (C=O) groups excluding carboxylic acids is 3. The number of rotatable bonds is 6. The second-order valence-electron chi connectivity index (χ2n) is 6.57. The van der Waals surface area contributed by atoms with Crippen LogP contribution in [-0.4, -0.2) is 24.3 Å². The Morgan fingerprint density at radius 3 is 2.23 bits per heavy atom. The number of benzene rings is 3. The van der Waals surface area contributed by atoms with E-state index < -0.39 is 11.8 Å². The molecule has 0 aliphatic rings. The van der Waals surface area contributed by atoms with E-state index in [1.165, 1.54) is 12.1 Å². The molecule has 0 radical (unpaired) electrons. The fourth-order valence-corrected chi connectivity index (χ4v) is 2.86. The fraction of sp³-hybridized carbons (Fsp3) is 0.0870. The van der Waals surface area contributed by atoms with E-state index in [-0.39, 0.29) is 12.5 Å². The van der Waals surface area contributed by atoms with Gasteiger partial charge in [-0.3, -0.25) is 25.2 Å². The Kier molecular flexibility index (Phi) is 7.24. The molecule has 158 valence electrons. The normalized spacial score (nSPS) is 10.1. The SMILES string of the molecule is Cc1ccccc1C(=O)Nc1ccc(C(=O)NNC(=O)COc2ccccc2Cl)cc1. The highest BCUT2D eigenvalue weighted by Crippen LogP contribution is 2.22. The average molecular weight is 438 g/mol. The number of nitrogens with one attached hydrogen (secondary N) is 3. The minimum atomic E-state index is -0.546. The van der Waals surface area contributed by atoms with Crippen LogP contribution in [0.15, 0.2) is 72.8 Å². The molecule has 31 heavy (non-hydrogen) atoms. The van der Waals surface area contributed by atoms with Gasteiger partial charge in [0, 0.05) is 16.8 Å². The summed E-state index contributed by atoms with van der Waals surface area (Å²) in [4.78, 5) is 36.4. The third-order valence-corrected chi connectivity index (χ3v) is 4.62. The molecule has 0 atom stereocenters. The molecule has 3 rings (SSSR count). The molecule has 3 aromatic carbocycles. The summed E-state index contributed by atoms with van der Waals surface area (Å²) in [6, 6.07) is 20.3. The van der Waals surface area contributed by atoms with Gasteiger partial charge in [0.15, 0.2) is 6.61 Å². The van der Waals surface area contributed by atoms with E-state index in [9.17, 15) is 14.4 Å². The lowest BCUT2D eigenvalue weighted by Gasteiger charge is -2.10. The molecule has 0 fully saturated rings. The number of hydrazine groups is 1. The highest BCUT2D eigenvalue weighted by Gasteiger charge is 2.11. The van der Waals surface area contributed by atoms with E-state index in [2.05, 4.69) is 16.2 Å². The van der Waals surface area contributed by atoms with Crippen molar-refractivity contribution in [3.8, 4) is 5.75 Å². The second kappa shape index (κ2) is 10.3. The Labute approximate surface area is 184 Å². The van der Waals surface area contributed by atoms with Crippen LogP contribution in [0.2, 0.25) is 5.02 Å². The predicted octanol–water partition coefficient (Wildman–Crippen LogP) is 3.74. The Bertz CT molecular complexity index is 1100. The van der Waals surface area contributed by atoms with Gasteiger partial charge in [0.2, 0.25) is 0 Å². The molecule has 8 heteroatoms. The molecular formula is C23H20ClN3O4. The molecule has 3 N–H and O–H groups in total. The number of hydrogen-bond acceptors (Lipinski definition) is 4. The maximum absolute atomic E-state index is 12.4. The lowest BCUT2D eigenvalue weighted by Crippen LogP contribution is -2.43. The monoisotopic (exact) mass is 437 g/mol. The molecule has 0 bridgehead atoms. The molecule has 0 aliphatic heterocycles. The van der Waals surface area contributed by atoms with Gasteiger partial charge in [-0.1, -0.05) is 41.9 Å². The number of amides is 3. The zero-order valence-electron chi connectivity index (χ0n) is 16.6. The first-order valence-electron chi connectivity index (χ1n) is 9.37. The van der Waals surface area contributed by atoms with E-state index in [0.29, 0.717) is 27.6 Å². The summed E-state index contributed by atoms with van der Waals surface area (Å²) in [5, 5.41) is 3.17. The minimum Gasteiger partial charge on any atom is -0.482 e. The van der Waals surface area contributed by atoms with Gasteiger partial charge in [-0.15, -0.1) is 0 Å². The first-order valence-corrected chi connectivity index (χ1v) is 9.75. The maximum atomic E-state index is 12.4. The molecular weight excluding hydrogens is 418 g/mol. The number of hydrogen-bond donors (Lipinski definition) is 3. The zero-order chi connectivity index (χ0) is 22.2. The number of halogens is 1. The van der Waals surface area contributed by atoms with Crippen LogP contribution >= 0.6 is 11.6 Å². The van der Waals surface area contributed by atoms with Crippen LogP contribution in [0.3, 0.4) is 0 Å². The molecule has 3 amide bonds. The Hall–Kier alpha value is -3.84. The molecule has 0 heterocycles. The van der Waals surface area contributed by atoms with Crippen LogP contribution in [-0.2, 0) is 4.79 Å². The average Bonchev–Trinajstić information content (AvgIpc) is 2.77. The van der Waals surface area contributed by atoms with E-state index >= 15 is 0 Å². The molecule has 7 nitrogen and oxygen atoms in total. The van der Waals surface area contributed by atoms with Crippen LogP contribution in [0, 0.1) is 6.92 Å². The fourth-order valence-electron chi connectivity index (χ4n) is 2.67. The number of carbonyl (C=O) groups is 3. The molecule has 0 saturated carbocycles. The lowest BCUT2D eigenvalue weighted by atomic mass is 10.1. The van der Waals surface area contributed by atoms with Crippen molar-refractivity contribution in [3.05, 3.63) is 94.5 Å². The van der Waals surface area contributed by atoms with Gasteiger partial charge in [0.25, 0.3) is 17.7 Å². The van der Waals surface area contributed by atoms with Gasteiger partial charge in [-0.05, 0) is 55.0 Å². The summed E-state index contributed by atoms with van der Waals surface area (Å²) in [6.45, 7) is 1.55. The van der Waals surface area contributed by atoms with Gasteiger partial charge >= 0.3 is 0 Å². The van der Waals surface area contributed by atoms with Crippen molar-refractivity contribution in [3.63, 3.8) is 0 Å². The van der Waals surface area contributed by atoms with E-state index in [4.69, 9.17) is 16.3 Å². The van der Waals surface area contributed by atoms with Crippen LogP contribution in [0.4, 0.5) is 5.69 Å². The van der Waals surface area contributed by atoms with E-state index in [1.54, 1.807) is 48.5 Å². The summed E-state index contributed by atoms with van der Waals surface area (Å²) in [5.74, 6) is -0.923. The molecule has 0 unspecified atom stereocenters. The van der Waals surface area contributed by atoms with Crippen molar-refractivity contribution in [2.75, 3.05) is 11.9 Å². The van der Waals surface area contributed by atoms with Gasteiger partial charge < -0.3 is 10.1 Å². The van der Waals surface area contributed by atoms with E-state index in [1.807, 2.05) is 19.1 Å². The summed E-state index contributed by atoms with van der Waals surface area (Å²) >= 11 is 5.95. The number of ether oxygens (including phenoxy) is 1. The highest BCUT2D eigenvalue weighted by atomic mass is 35.5. The zero-order valence-corrected chi connectivity index (χ0v) is 17.4. The van der Waals surface area contributed by atoms with Crippen LogP contribution < -0.4 is 20.9 Å². The number of para-hydroxylation sites is 1. The van der Waals surface area contributed by atoms with Gasteiger partial charge in [0.1, 0.15) is 5.75 Å². The molecule has 0 spiro atoms. The largest absolute Gasteiger partial charge is 0.482 e. The highest BCUT2D eigenvalue weighted by molar-refractivity contribution is 6.32. The van der Waals surface area contributed by atoms with Crippen molar-refractivity contribution in [2.24, 2.45) is 0 Å². The first kappa shape index (κ1) is 21.9. The summed E-state index contributed by atoms with van der Waals surface area (Å²) in [6.07, 6.45) is 0. The minimum absolute atomic E-state index is 0.235. The third kappa shape index (κ3) is 6.07. The van der Waals surface area contributed by atoms with Gasteiger partial charge in [-0.2, -0.15) is 0 Å². The third-order valence-electron chi connectivity index (χ3n) is 4.31. The molecule has 3 aromatic rings. The Morgan fingerprint density at radius 2 is 1.52 bits per heavy atom. The lowest BCUT2D eigenvalue weighted by molar-refractivity contribution is -0.123. The molecule has 0 saturated heterocycles. The van der Waals surface area contributed by atoms with Crippen LogP contribution in [0.25, 0.3) is 0 Å². The van der Waals surface area contributed by atoms with Crippen molar-refractivity contribution in [1.82, 2.24) is 10.9 Å². The number of aryl methyl sites for hydroxylation is 1. The molecule has 0 aromatic heterocycles. The smallest absolute Gasteiger partial charge is 0.276 e. The quantitative estimate of drug-likeness (QED) is 0.512. The summed E-state index contributed by atoms with van der Waals surface area (Å²) < 4.78 is 5.30.